The SMILES string of the molecule is COc1ccc(N=C2NC(=O)C(=Cc3ccc(SCCO)c([N+](=O)[O-])c3)S2)cc1. The predicted molar refractivity (Wildman–Crippen MR) is 115 cm³/mol. The van der Waals surface area contributed by atoms with Gasteiger partial charge in [-0.15, -0.1) is 11.8 Å². The molecule has 1 aliphatic rings. The maximum Gasteiger partial charge on any atom is 0.283 e. The molecule has 0 radical (unpaired) electrons. The Kier molecular flexibility index (Phi) is 6.91. The van der Waals surface area contributed by atoms with Crippen molar-refractivity contribution in [2.24, 2.45) is 4.99 Å². The van der Waals surface area contributed by atoms with Crippen LogP contribution in [0.2, 0.25) is 0 Å². The largest absolute Gasteiger partial charge is 0.497 e. The molecule has 29 heavy (non-hydrogen) atoms. The molecule has 2 aromatic rings. The van der Waals surface area contributed by atoms with E-state index >= 15 is 0 Å². The summed E-state index contributed by atoms with van der Waals surface area (Å²) in [5, 5.41) is 23.4. The molecule has 1 fully saturated rings. The van der Waals surface area contributed by atoms with E-state index in [1.165, 1.54) is 17.8 Å². The summed E-state index contributed by atoms with van der Waals surface area (Å²) in [4.78, 5) is 28.3. The molecule has 1 aliphatic heterocycles. The molecule has 10 heteroatoms. The normalized spacial score (nSPS) is 16.3. The van der Waals surface area contributed by atoms with Gasteiger partial charge in [-0.1, -0.05) is 6.07 Å². The lowest BCUT2D eigenvalue weighted by Crippen LogP contribution is -2.19. The zero-order valence-electron chi connectivity index (χ0n) is 15.3. The highest BCUT2D eigenvalue weighted by molar-refractivity contribution is 8.18. The van der Waals surface area contributed by atoms with Crippen LogP contribution in [0.25, 0.3) is 6.08 Å². The van der Waals surface area contributed by atoms with Crippen molar-refractivity contribution in [1.82, 2.24) is 5.32 Å². The van der Waals surface area contributed by atoms with E-state index in [9.17, 15) is 14.9 Å². The van der Waals surface area contributed by atoms with Crippen LogP contribution >= 0.6 is 23.5 Å². The molecule has 2 aromatic carbocycles. The van der Waals surface area contributed by atoms with E-state index in [0.29, 0.717) is 37.7 Å². The van der Waals surface area contributed by atoms with E-state index in [2.05, 4.69) is 10.3 Å². The Morgan fingerprint density at radius 2 is 2.07 bits per heavy atom. The van der Waals surface area contributed by atoms with E-state index in [-0.39, 0.29) is 18.2 Å². The number of methoxy groups -OCH3 is 1. The summed E-state index contributed by atoms with van der Waals surface area (Å²) in [5.41, 5.74) is 1.14. The first-order valence-electron chi connectivity index (χ1n) is 8.46. The third-order valence-corrected chi connectivity index (χ3v) is 5.73. The van der Waals surface area contributed by atoms with E-state index in [0.717, 1.165) is 11.8 Å². The predicted octanol–water partition coefficient (Wildman–Crippen LogP) is 3.58. The van der Waals surface area contributed by atoms with Crippen molar-refractivity contribution in [3.63, 3.8) is 0 Å². The number of aliphatic imine (C=N–C) groups is 1. The van der Waals surface area contributed by atoms with E-state index in [1.807, 2.05) is 0 Å². The number of amides is 1. The van der Waals surface area contributed by atoms with Crippen molar-refractivity contribution in [3.8, 4) is 5.75 Å². The summed E-state index contributed by atoms with van der Waals surface area (Å²) in [6, 6.07) is 11.8. The highest BCUT2D eigenvalue weighted by Crippen LogP contribution is 2.33. The highest BCUT2D eigenvalue weighted by Gasteiger charge is 2.24. The molecule has 1 amide bonds. The Morgan fingerprint density at radius 1 is 1.31 bits per heavy atom. The molecule has 0 aliphatic carbocycles. The molecule has 2 N–H and O–H groups in total. The summed E-state index contributed by atoms with van der Waals surface area (Å²) in [6.45, 7) is -0.0687. The number of carbonyl (C=O) groups excluding carboxylic acids is 1. The van der Waals surface area contributed by atoms with Crippen LogP contribution in [0.15, 0.2) is 57.3 Å². The number of nitrogens with zero attached hydrogens (tertiary/aromatic N) is 2. The van der Waals surface area contributed by atoms with Gasteiger partial charge in [0.25, 0.3) is 11.6 Å². The van der Waals surface area contributed by atoms with Crippen LogP contribution in [0.1, 0.15) is 5.56 Å². The number of rotatable bonds is 7. The fourth-order valence-corrected chi connectivity index (χ4v) is 4.05. The van der Waals surface area contributed by atoms with Crippen molar-refractivity contribution in [1.29, 1.82) is 0 Å². The Hall–Kier alpha value is -2.82. The minimum Gasteiger partial charge on any atom is -0.497 e. The maximum absolute atomic E-state index is 12.2. The molecule has 1 saturated heterocycles. The molecule has 0 saturated carbocycles. The smallest absolute Gasteiger partial charge is 0.283 e. The van der Waals surface area contributed by atoms with Gasteiger partial charge in [0, 0.05) is 11.8 Å². The van der Waals surface area contributed by atoms with E-state index in [4.69, 9.17) is 9.84 Å². The van der Waals surface area contributed by atoms with Crippen LogP contribution in [0.3, 0.4) is 0 Å². The highest BCUT2D eigenvalue weighted by atomic mass is 32.2. The number of thioether (sulfide) groups is 2. The molecule has 1 heterocycles. The minimum absolute atomic E-state index is 0.0617. The van der Waals surface area contributed by atoms with Crippen molar-refractivity contribution in [2.45, 2.75) is 4.90 Å². The van der Waals surface area contributed by atoms with Crippen LogP contribution < -0.4 is 10.1 Å². The van der Waals surface area contributed by atoms with Crippen LogP contribution in [-0.2, 0) is 4.79 Å². The summed E-state index contributed by atoms with van der Waals surface area (Å²) in [6.07, 6.45) is 1.59. The molecule has 0 atom stereocenters. The lowest BCUT2D eigenvalue weighted by Gasteiger charge is -2.03. The lowest BCUT2D eigenvalue weighted by atomic mass is 10.2. The van der Waals surface area contributed by atoms with Crippen LogP contribution in [0, 0.1) is 10.1 Å². The number of hydrogen-bond acceptors (Lipinski definition) is 8. The number of nitrogens with one attached hydrogen (secondary N) is 1. The van der Waals surface area contributed by atoms with Crippen LogP contribution in [-0.4, -0.2) is 40.6 Å². The number of hydrogen-bond donors (Lipinski definition) is 2. The van der Waals surface area contributed by atoms with Gasteiger partial charge in [-0.25, -0.2) is 4.99 Å². The second kappa shape index (κ2) is 9.59. The average Bonchev–Trinajstić information content (AvgIpc) is 3.06. The first kappa shape index (κ1) is 20.9. The Labute approximate surface area is 175 Å². The number of amidine groups is 1. The number of carbonyl (C=O) groups is 1. The van der Waals surface area contributed by atoms with E-state index in [1.54, 1.807) is 49.6 Å². The number of nitro benzene ring substituents is 1. The van der Waals surface area contributed by atoms with Crippen molar-refractivity contribution >= 4 is 52.0 Å². The first-order chi connectivity index (χ1) is 14.0. The summed E-state index contributed by atoms with van der Waals surface area (Å²) < 4.78 is 5.10. The molecule has 3 rings (SSSR count). The van der Waals surface area contributed by atoms with Crippen LogP contribution in [0.4, 0.5) is 11.4 Å². The number of nitro groups is 1. The fourth-order valence-electron chi connectivity index (χ4n) is 2.45. The second-order valence-electron chi connectivity index (χ2n) is 5.74. The van der Waals surface area contributed by atoms with Gasteiger partial charge in [0.05, 0.1) is 34.1 Å². The van der Waals surface area contributed by atoms with Gasteiger partial charge in [0.1, 0.15) is 5.75 Å². The quantitative estimate of drug-likeness (QED) is 0.298. The zero-order valence-corrected chi connectivity index (χ0v) is 17.0. The monoisotopic (exact) mass is 431 g/mol. The minimum atomic E-state index is -0.472. The Balaban J connectivity index is 1.81. The van der Waals surface area contributed by atoms with E-state index < -0.39 is 4.92 Å². The molecule has 150 valence electrons. The molecular formula is C19H17N3O5S2. The molecule has 0 bridgehead atoms. The molecule has 0 spiro atoms. The molecule has 0 aromatic heterocycles. The van der Waals surface area contributed by atoms with Gasteiger partial charge in [0.15, 0.2) is 5.17 Å². The number of ether oxygens (including phenoxy) is 1. The van der Waals surface area contributed by atoms with Gasteiger partial charge in [-0.05, 0) is 53.7 Å². The third-order valence-electron chi connectivity index (χ3n) is 3.78. The van der Waals surface area contributed by atoms with Gasteiger partial charge >= 0.3 is 0 Å². The Bertz CT molecular complexity index is 990. The number of aliphatic hydroxyl groups is 1. The number of benzene rings is 2. The summed E-state index contributed by atoms with van der Waals surface area (Å²) in [7, 11) is 1.58. The summed E-state index contributed by atoms with van der Waals surface area (Å²) in [5.74, 6) is 0.758. The lowest BCUT2D eigenvalue weighted by molar-refractivity contribution is -0.387. The van der Waals surface area contributed by atoms with Crippen LogP contribution in [0.5, 0.6) is 5.75 Å². The van der Waals surface area contributed by atoms with Gasteiger partial charge < -0.3 is 15.2 Å². The topological polar surface area (TPSA) is 114 Å². The Morgan fingerprint density at radius 3 is 2.72 bits per heavy atom. The molecule has 8 nitrogen and oxygen atoms in total. The van der Waals surface area contributed by atoms with Gasteiger partial charge in [0.2, 0.25) is 0 Å². The van der Waals surface area contributed by atoms with Crippen molar-refractivity contribution in [2.75, 3.05) is 19.5 Å². The van der Waals surface area contributed by atoms with Gasteiger partial charge in [-0.2, -0.15) is 0 Å². The zero-order chi connectivity index (χ0) is 20.8. The second-order valence-corrected chi connectivity index (χ2v) is 7.90. The molecular weight excluding hydrogens is 414 g/mol. The van der Waals surface area contributed by atoms with Gasteiger partial charge in [-0.3, -0.25) is 14.9 Å². The average molecular weight is 431 g/mol. The molecule has 0 unspecified atom stereocenters. The maximum atomic E-state index is 12.2. The summed E-state index contributed by atoms with van der Waals surface area (Å²) >= 11 is 2.37. The fraction of sp³-hybridized carbons (Fsp3) is 0.158. The number of aliphatic hydroxyl groups excluding tert-OH is 1. The van der Waals surface area contributed by atoms with Crippen molar-refractivity contribution in [3.05, 3.63) is 63.0 Å². The standard InChI is InChI=1S/C19H17N3O5S2/c1-27-14-5-3-13(4-6-14)20-19-21-18(24)17(29-19)11-12-2-7-16(28-9-8-23)15(10-12)22(25)26/h2-7,10-11,23H,8-9H2,1H3,(H,20,21,24). The first-order valence-corrected chi connectivity index (χ1v) is 10.3. The third kappa shape index (κ3) is 5.37. The van der Waals surface area contributed by atoms with Crippen molar-refractivity contribution < 1.29 is 19.6 Å².